The topological polar surface area (TPSA) is 56.5 Å². The summed E-state index contributed by atoms with van der Waals surface area (Å²) in [5.41, 5.74) is 0.879. The molecule has 14 heavy (non-hydrogen) atoms. The fourth-order valence-corrected chi connectivity index (χ4v) is 1.38. The Kier molecular flexibility index (Phi) is 2.09. The van der Waals surface area contributed by atoms with Gasteiger partial charge in [-0.2, -0.15) is 0 Å². The number of carbonyl (C=O) groups excluding carboxylic acids is 1. The molecule has 2 aromatic rings. The second-order valence-corrected chi connectivity index (χ2v) is 3.04. The van der Waals surface area contributed by atoms with E-state index in [4.69, 9.17) is 11.6 Å². The molecule has 0 saturated carbocycles. The maximum Gasteiger partial charge on any atom is 0.339 e. The van der Waals surface area contributed by atoms with Gasteiger partial charge in [0.1, 0.15) is 6.33 Å². The van der Waals surface area contributed by atoms with Crippen molar-refractivity contribution in [2.45, 2.75) is 0 Å². The highest BCUT2D eigenvalue weighted by atomic mass is 35.5. The predicted octanol–water partition coefficient (Wildman–Crippen LogP) is 1.17. The Bertz CT molecular complexity index is 494. The lowest BCUT2D eigenvalue weighted by Gasteiger charge is -2.00. The van der Waals surface area contributed by atoms with E-state index in [1.165, 1.54) is 19.5 Å². The summed E-state index contributed by atoms with van der Waals surface area (Å²) >= 11 is 5.87. The van der Waals surface area contributed by atoms with Crippen LogP contribution in [0.4, 0.5) is 0 Å². The number of carbonyl (C=O) groups is 1. The second-order valence-electron chi connectivity index (χ2n) is 2.63. The van der Waals surface area contributed by atoms with Crippen LogP contribution in [0, 0.1) is 0 Å². The maximum atomic E-state index is 11.2. The van der Waals surface area contributed by atoms with Crippen molar-refractivity contribution in [2.24, 2.45) is 0 Å². The highest BCUT2D eigenvalue weighted by Crippen LogP contribution is 2.17. The zero-order valence-corrected chi connectivity index (χ0v) is 8.02. The third-order valence-corrected chi connectivity index (χ3v) is 2.05. The normalized spacial score (nSPS) is 10.4. The van der Waals surface area contributed by atoms with Crippen molar-refractivity contribution < 1.29 is 9.53 Å². The first-order chi connectivity index (χ1) is 6.72. The van der Waals surface area contributed by atoms with E-state index in [1.807, 2.05) is 0 Å². The zero-order chi connectivity index (χ0) is 10.1. The molecule has 0 atom stereocenters. The Morgan fingerprint density at radius 3 is 3.14 bits per heavy atom. The van der Waals surface area contributed by atoms with Crippen molar-refractivity contribution in [3.63, 3.8) is 0 Å². The summed E-state index contributed by atoms with van der Waals surface area (Å²) in [6.07, 6.45) is 3.03. The lowest BCUT2D eigenvalue weighted by molar-refractivity contribution is 0.0600. The first kappa shape index (κ1) is 8.96. The minimum atomic E-state index is -0.442. The summed E-state index contributed by atoms with van der Waals surface area (Å²) in [6, 6.07) is 1.50. The van der Waals surface area contributed by atoms with Crippen LogP contribution in [0.3, 0.4) is 0 Å². The Labute approximate surface area is 84.3 Å². The van der Waals surface area contributed by atoms with Crippen molar-refractivity contribution in [1.29, 1.82) is 0 Å². The van der Waals surface area contributed by atoms with Crippen molar-refractivity contribution >= 4 is 23.2 Å². The number of fused-ring (bicyclic) bond motifs is 1. The molecular weight excluding hydrogens is 206 g/mol. The summed E-state index contributed by atoms with van der Waals surface area (Å²) in [4.78, 5) is 11.2. The monoisotopic (exact) mass is 211 g/mol. The van der Waals surface area contributed by atoms with Crippen LogP contribution in [0.25, 0.3) is 5.65 Å². The van der Waals surface area contributed by atoms with Crippen molar-refractivity contribution in [1.82, 2.24) is 14.6 Å². The third kappa shape index (κ3) is 1.31. The van der Waals surface area contributed by atoms with E-state index >= 15 is 0 Å². The van der Waals surface area contributed by atoms with E-state index in [0.29, 0.717) is 16.2 Å². The number of hydrogen-bond donors (Lipinski definition) is 0. The van der Waals surface area contributed by atoms with Crippen LogP contribution >= 0.6 is 11.6 Å². The van der Waals surface area contributed by atoms with Crippen molar-refractivity contribution in [2.75, 3.05) is 7.11 Å². The minimum absolute atomic E-state index is 0.366. The van der Waals surface area contributed by atoms with Crippen LogP contribution in [0.15, 0.2) is 18.6 Å². The number of nitrogens with zero attached hydrogens (tertiary/aromatic N) is 3. The number of ether oxygens (including phenoxy) is 1. The molecule has 6 heteroatoms. The van der Waals surface area contributed by atoms with Gasteiger partial charge in [0.05, 0.1) is 17.7 Å². The molecule has 5 nitrogen and oxygen atoms in total. The molecule has 0 bridgehead atoms. The van der Waals surface area contributed by atoms with Gasteiger partial charge in [0, 0.05) is 6.20 Å². The van der Waals surface area contributed by atoms with Crippen LogP contribution in [-0.2, 0) is 4.74 Å². The van der Waals surface area contributed by atoms with Gasteiger partial charge in [-0.15, -0.1) is 10.2 Å². The molecule has 72 valence electrons. The summed E-state index contributed by atoms with van der Waals surface area (Å²) in [6.45, 7) is 0. The van der Waals surface area contributed by atoms with Gasteiger partial charge in [-0.1, -0.05) is 11.6 Å². The average molecular weight is 212 g/mol. The molecule has 0 radical (unpaired) electrons. The molecule has 2 rings (SSSR count). The highest BCUT2D eigenvalue weighted by Gasteiger charge is 2.10. The van der Waals surface area contributed by atoms with Gasteiger partial charge >= 0.3 is 5.97 Å². The number of pyridine rings is 1. The lowest BCUT2D eigenvalue weighted by atomic mass is 10.3. The molecule has 0 amide bonds. The molecule has 0 N–H and O–H groups in total. The van der Waals surface area contributed by atoms with E-state index in [1.54, 1.807) is 10.6 Å². The largest absolute Gasteiger partial charge is 0.465 e. The molecular formula is C8H6ClN3O2. The minimum Gasteiger partial charge on any atom is -0.465 e. The fraction of sp³-hybridized carbons (Fsp3) is 0.125. The second kappa shape index (κ2) is 3.26. The number of esters is 1. The molecule has 0 unspecified atom stereocenters. The maximum absolute atomic E-state index is 11.2. The van der Waals surface area contributed by atoms with Crippen LogP contribution < -0.4 is 0 Å². The van der Waals surface area contributed by atoms with E-state index in [-0.39, 0.29) is 0 Å². The van der Waals surface area contributed by atoms with Gasteiger partial charge in [-0.05, 0) is 6.07 Å². The fourth-order valence-electron chi connectivity index (χ4n) is 1.13. The van der Waals surface area contributed by atoms with Crippen LogP contribution in [-0.4, -0.2) is 27.7 Å². The van der Waals surface area contributed by atoms with Crippen molar-refractivity contribution in [3.8, 4) is 0 Å². The average Bonchev–Trinajstić information content (AvgIpc) is 2.64. The number of hydrogen-bond acceptors (Lipinski definition) is 4. The molecule has 0 aliphatic heterocycles. The standard InChI is InChI=1S/C8H6ClN3O2/c1-14-8(13)5-2-6(9)7-11-10-4-12(7)3-5/h2-4H,1H3. The number of rotatable bonds is 1. The predicted molar refractivity (Wildman–Crippen MR) is 49.3 cm³/mol. The van der Waals surface area contributed by atoms with E-state index in [9.17, 15) is 4.79 Å². The van der Waals surface area contributed by atoms with Gasteiger partial charge in [-0.25, -0.2) is 4.79 Å². The number of aromatic nitrogens is 3. The first-order valence-corrected chi connectivity index (χ1v) is 4.17. The Hall–Kier alpha value is -1.62. The Balaban J connectivity index is 2.64. The SMILES string of the molecule is COC(=O)c1cc(Cl)c2nncn2c1. The lowest BCUT2D eigenvalue weighted by Crippen LogP contribution is -2.02. The Morgan fingerprint density at radius 1 is 1.64 bits per heavy atom. The van der Waals surface area contributed by atoms with Gasteiger partial charge in [0.2, 0.25) is 0 Å². The number of methoxy groups -OCH3 is 1. The zero-order valence-electron chi connectivity index (χ0n) is 7.27. The van der Waals surface area contributed by atoms with Crippen molar-refractivity contribution in [3.05, 3.63) is 29.2 Å². The molecule has 0 spiro atoms. The van der Waals surface area contributed by atoms with Gasteiger partial charge < -0.3 is 4.74 Å². The van der Waals surface area contributed by atoms with E-state index < -0.39 is 5.97 Å². The third-order valence-electron chi connectivity index (χ3n) is 1.77. The smallest absolute Gasteiger partial charge is 0.339 e. The van der Waals surface area contributed by atoms with E-state index in [2.05, 4.69) is 14.9 Å². The summed E-state index contributed by atoms with van der Waals surface area (Å²) in [7, 11) is 1.31. The van der Waals surface area contributed by atoms with Gasteiger partial charge in [-0.3, -0.25) is 4.40 Å². The summed E-state index contributed by atoms with van der Waals surface area (Å²) in [5, 5.41) is 7.80. The molecule has 0 fully saturated rings. The number of halogens is 1. The molecule has 2 aromatic heterocycles. The molecule has 0 aliphatic rings. The van der Waals surface area contributed by atoms with Gasteiger partial charge in [0.25, 0.3) is 0 Å². The molecule has 2 heterocycles. The molecule has 0 aromatic carbocycles. The highest BCUT2D eigenvalue weighted by molar-refractivity contribution is 6.33. The molecule has 0 saturated heterocycles. The Morgan fingerprint density at radius 2 is 2.43 bits per heavy atom. The van der Waals surface area contributed by atoms with Gasteiger partial charge in [0.15, 0.2) is 5.65 Å². The summed E-state index contributed by atoms with van der Waals surface area (Å²) < 4.78 is 6.13. The van der Waals surface area contributed by atoms with E-state index in [0.717, 1.165) is 0 Å². The molecule has 0 aliphatic carbocycles. The summed E-state index contributed by atoms with van der Waals surface area (Å²) in [5.74, 6) is -0.442. The van der Waals surface area contributed by atoms with Crippen LogP contribution in [0.1, 0.15) is 10.4 Å². The first-order valence-electron chi connectivity index (χ1n) is 3.79. The van der Waals surface area contributed by atoms with Crippen LogP contribution in [0.5, 0.6) is 0 Å². The van der Waals surface area contributed by atoms with Crippen LogP contribution in [0.2, 0.25) is 5.02 Å². The quantitative estimate of drug-likeness (QED) is 0.665.